The minimum absolute atomic E-state index is 0.275. The molecule has 132 valence electrons. The quantitative estimate of drug-likeness (QED) is 0.538. The van der Waals surface area contributed by atoms with Crippen LogP contribution in [0.25, 0.3) is 16.3 Å². The van der Waals surface area contributed by atoms with Crippen molar-refractivity contribution in [1.29, 1.82) is 0 Å². The molecule has 1 nitrogen and oxygen atoms in total. The molecular formula is C23H22ClNS. The SMILES string of the molecule is CC1(C)CC=CC2=C1CCc1c2ccc2c(C3=NCCS3)c(Cl)ccc12. The predicted molar refractivity (Wildman–Crippen MR) is 116 cm³/mol. The first-order valence-corrected chi connectivity index (χ1v) is 10.7. The van der Waals surface area contributed by atoms with Crippen molar-refractivity contribution in [2.24, 2.45) is 10.4 Å². The van der Waals surface area contributed by atoms with Crippen molar-refractivity contribution in [3.05, 3.63) is 63.7 Å². The first-order valence-electron chi connectivity index (χ1n) is 9.38. The molecule has 0 N–H and O–H groups in total. The molecule has 0 saturated heterocycles. The Kier molecular flexibility index (Phi) is 3.84. The molecule has 0 saturated carbocycles. The van der Waals surface area contributed by atoms with E-state index in [2.05, 4.69) is 55.3 Å². The number of allylic oxidation sites excluding steroid dienone is 4. The Morgan fingerprint density at radius 3 is 2.73 bits per heavy atom. The summed E-state index contributed by atoms with van der Waals surface area (Å²) < 4.78 is 0. The van der Waals surface area contributed by atoms with E-state index in [9.17, 15) is 0 Å². The summed E-state index contributed by atoms with van der Waals surface area (Å²) in [7, 11) is 0. The normalized spacial score (nSPS) is 21.0. The van der Waals surface area contributed by atoms with Crippen molar-refractivity contribution in [2.75, 3.05) is 12.3 Å². The Morgan fingerprint density at radius 1 is 1.08 bits per heavy atom. The van der Waals surface area contributed by atoms with Gasteiger partial charge in [-0.2, -0.15) is 0 Å². The third kappa shape index (κ3) is 2.42. The van der Waals surface area contributed by atoms with Crippen LogP contribution in [0.2, 0.25) is 5.02 Å². The van der Waals surface area contributed by atoms with Crippen molar-refractivity contribution in [3.8, 4) is 0 Å². The van der Waals surface area contributed by atoms with Gasteiger partial charge in [-0.3, -0.25) is 4.99 Å². The fourth-order valence-corrected chi connectivity index (χ4v) is 5.94. The molecule has 3 aliphatic rings. The molecule has 2 aromatic rings. The van der Waals surface area contributed by atoms with E-state index in [1.54, 1.807) is 5.57 Å². The van der Waals surface area contributed by atoms with Crippen LogP contribution < -0.4 is 0 Å². The molecule has 0 bridgehead atoms. The van der Waals surface area contributed by atoms with Crippen molar-refractivity contribution in [3.63, 3.8) is 0 Å². The van der Waals surface area contributed by atoms with Gasteiger partial charge in [-0.05, 0) is 58.2 Å². The van der Waals surface area contributed by atoms with Crippen molar-refractivity contribution in [2.45, 2.75) is 33.1 Å². The molecule has 0 aromatic heterocycles. The maximum absolute atomic E-state index is 6.60. The lowest BCUT2D eigenvalue weighted by Crippen LogP contribution is -2.21. The van der Waals surface area contributed by atoms with Gasteiger partial charge in [0.25, 0.3) is 0 Å². The molecule has 1 aliphatic heterocycles. The van der Waals surface area contributed by atoms with Gasteiger partial charge < -0.3 is 0 Å². The van der Waals surface area contributed by atoms with Gasteiger partial charge in [0.2, 0.25) is 0 Å². The molecule has 2 aromatic carbocycles. The van der Waals surface area contributed by atoms with Crippen LogP contribution in [-0.2, 0) is 6.42 Å². The number of hydrogen-bond donors (Lipinski definition) is 0. The van der Waals surface area contributed by atoms with Gasteiger partial charge in [-0.1, -0.05) is 61.4 Å². The van der Waals surface area contributed by atoms with Gasteiger partial charge in [0.15, 0.2) is 0 Å². The highest BCUT2D eigenvalue weighted by molar-refractivity contribution is 8.14. The van der Waals surface area contributed by atoms with Gasteiger partial charge >= 0.3 is 0 Å². The summed E-state index contributed by atoms with van der Waals surface area (Å²) in [6.45, 7) is 5.66. The maximum Gasteiger partial charge on any atom is 0.0999 e. The average Bonchev–Trinajstić information content (AvgIpc) is 3.14. The maximum atomic E-state index is 6.60. The summed E-state index contributed by atoms with van der Waals surface area (Å²) in [4.78, 5) is 4.69. The van der Waals surface area contributed by atoms with Crippen LogP contribution in [0, 0.1) is 5.41 Å². The van der Waals surface area contributed by atoms with E-state index in [-0.39, 0.29) is 5.41 Å². The summed E-state index contributed by atoms with van der Waals surface area (Å²) in [5.74, 6) is 1.06. The standard InChI is InChI=1S/C23H22ClNS/c1-23(2)11-3-4-17-15-5-6-18-16(14(15)7-9-19(17)23)8-10-20(24)21(18)22-25-12-13-26-22/h3-6,8,10H,7,9,11-13H2,1-2H3. The Hall–Kier alpha value is -1.51. The second-order valence-corrected chi connectivity index (χ2v) is 9.52. The highest BCUT2D eigenvalue weighted by Crippen LogP contribution is 2.48. The van der Waals surface area contributed by atoms with E-state index in [1.165, 1.54) is 27.5 Å². The molecule has 0 spiro atoms. The van der Waals surface area contributed by atoms with E-state index >= 15 is 0 Å². The van der Waals surface area contributed by atoms with Gasteiger partial charge in [-0.25, -0.2) is 0 Å². The van der Waals surface area contributed by atoms with Crippen LogP contribution >= 0.6 is 23.4 Å². The van der Waals surface area contributed by atoms with E-state index in [0.717, 1.165) is 47.2 Å². The van der Waals surface area contributed by atoms with E-state index in [1.807, 2.05) is 11.8 Å². The first-order chi connectivity index (χ1) is 12.6. The number of aliphatic imine (C=N–C) groups is 1. The molecule has 3 heteroatoms. The molecule has 26 heavy (non-hydrogen) atoms. The van der Waals surface area contributed by atoms with E-state index in [0.29, 0.717) is 0 Å². The van der Waals surface area contributed by atoms with Crippen LogP contribution in [0.5, 0.6) is 0 Å². The fourth-order valence-electron chi connectivity index (χ4n) is 4.70. The molecule has 0 atom stereocenters. The monoisotopic (exact) mass is 379 g/mol. The van der Waals surface area contributed by atoms with E-state index < -0.39 is 0 Å². The van der Waals surface area contributed by atoms with Crippen molar-refractivity contribution < 1.29 is 0 Å². The number of benzene rings is 2. The number of rotatable bonds is 1. The number of thioether (sulfide) groups is 1. The second-order valence-electron chi connectivity index (χ2n) is 8.03. The Labute approximate surface area is 164 Å². The van der Waals surface area contributed by atoms with Crippen LogP contribution in [0.1, 0.15) is 43.4 Å². The smallest absolute Gasteiger partial charge is 0.0999 e. The molecular weight excluding hydrogens is 358 g/mol. The lowest BCUT2D eigenvalue weighted by molar-refractivity contribution is 0.432. The Morgan fingerprint density at radius 2 is 1.92 bits per heavy atom. The number of fused-ring (bicyclic) bond motifs is 4. The third-order valence-electron chi connectivity index (χ3n) is 6.03. The molecule has 0 radical (unpaired) electrons. The molecule has 1 heterocycles. The number of hydrogen-bond acceptors (Lipinski definition) is 2. The number of aryl methyl sites for hydroxylation is 1. The minimum Gasteiger partial charge on any atom is -0.277 e. The molecule has 2 aliphatic carbocycles. The minimum atomic E-state index is 0.275. The summed E-state index contributed by atoms with van der Waals surface area (Å²) in [6, 6.07) is 8.86. The Bertz CT molecular complexity index is 1030. The number of nitrogens with zero attached hydrogens (tertiary/aromatic N) is 1. The largest absolute Gasteiger partial charge is 0.277 e. The summed E-state index contributed by atoms with van der Waals surface area (Å²) >= 11 is 8.42. The highest BCUT2D eigenvalue weighted by atomic mass is 35.5. The first kappa shape index (κ1) is 16.6. The van der Waals surface area contributed by atoms with E-state index in [4.69, 9.17) is 11.6 Å². The molecule has 0 amide bonds. The lowest BCUT2D eigenvalue weighted by Gasteiger charge is -2.36. The average molecular weight is 380 g/mol. The predicted octanol–water partition coefficient (Wildman–Crippen LogP) is 6.67. The van der Waals surface area contributed by atoms with Crippen LogP contribution in [-0.4, -0.2) is 17.3 Å². The highest BCUT2D eigenvalue weighted by Gasteiger charge is 2.31. The van der Waals surface area contributed by atoms with Crippen LogP contribution in [0.3, 0.4) is 0 Å². The third-order valence-corrected chi connectivity index (χ3v) is 7.34. The topological polar surface area (TPSA) is 12.4 Å². The summed E-state index contributed by atoms with van der Waals surface area (Å²) in [5, 5.41) is 4.53. The lowest BCUT2D eigenvalue weighted by atomic mass is 9.68. The summed E-state index contributed by atoms with van der Waals surface area (Å²) in [5.41, 5.74) is 7.37. The van der Waals surface area contributed by atoms with Gasteiger partial charge in [-0.15, -0.1) is 11.8 Å². The second kappa shape index (κ2) is 6.00. The van der Waals surface area contributed by atoms with Gasteiger partial charge in [0.1, 0.15) is 0 Å². The number of halogens is 1. The Balaban J connectivity index is 1.76. The molecule has 0 fully saturated rings. The fraction of sp³-hybridized carbons (Fsp3) is 0.348. The van der Waals surface area contributed by atoms with Crippen molar-refractivity contribution >= 4 is 44.8 Å². The van der Waals surface area contributed by atoms with Gasteiger partial charge in [0, 0.05) is 17.9 Å². The zero-order chi connectivity index (χ0) is 17.9. The molecule has 5 rings (SSSR count). The van der Waals surface area contributed by atoms with Gasteiger partial charge in [0.05, 0.1) is 10.1 Å². The van der Waals surface area contributed by atoms with Crippen molar-refractivity contribution in [1.82, 2.24) is 0 Å². The zero-order valence-corrected chi connectivity index (χ0v) is 16.8. The van der Waals surface area contributed by atoms with Crippen LogP contribution in [0.4, 0.5) is 0 Å². The summed E-state index contributed by atoms with van der Waals surface area (Å²) in [6.07, 6.45) is 8.11. The molecule has 0 unspecified atom stereocenters. The van der Waals surface area contributed by atoms with Crippen LogP contribution in [0.15, 0.2) is 47.0 Å². The zero-order valence-electron chi connectivity index (χ0n) is 15.2.